The highest BCUT2D eigenvalue weighted by Crippen LogP contribution is 2.18. The van der Waals surface area contributed by atoms with E-state index < -0.39 is 0 Å². The number of likely N-dealkylation sites (N-methyl/N-ethyl adjacent to an activating group) is 1. The number of carbonyl (C=O) groups excluding carboxylic acids is 1. The average Bonchev–Trinajstić information content (AvgIpc) is 3.02. The minimum Gasteiger partial charge on any atom is -0.354 e. The lowest BCUT2D eigenvalue weighted by Crippen LogP contribution is -2.34. The highest BCUT2D eigenvalue weighted by atomic mass is 16.1. The first-order valence-electron chi connectivity index (χ1n) is 9.67. The van der Waals surface area contributed by atoms with E-state index in [4.69, 9.17) is 0 Å². The molecular weight excluding hydrogens is 350 g/mol. The Labute approximate surface area is 166 Å². The van der Waals surface area contributed by atoms with Crippen molar-refractivity contribution in [1.29, 1.82) is 0 Å². The number of carbonyl (C=O) groups is 1. The molecular formula is C22H29N5O. The predicted molar refractivity (Wildman–Crippen MR) is 111 cm³/mol. The van der Waals surface area contributed by atoms with Crippen LogP contribution in [0.4, 0.5) is 0 Å². The SMILES string of the molecule is Cc1cc2nc(C)c(CCC(=O)NCC(c3ccccc3)N(C)C)c(C)n2n1. The van der Waals surface area contributed by atoms with E-state index in [2.05, 4.69) is 32.4 Å². The van der Waals surface area contributed by atoms with E-state index in [0.717, 1.165) is 28.3 Å². The Morgan fingerprint density at radius 2 is 1.89 bits per heavy atom. The van der Waals surface area contributed by atoms with Crippen molar-refractivity contribution in [2.45, 2.75) is 39.7 Å². The predicted octanol–water partition coefficient (Wildman–Crippen LogP) is 3.01. The Morgan fingerprint density at radius 1 is 1.18 bits per heavy atom. The largest absolute Gasteiger partial charge is 0.354 e. The summed E-state index contributed by atoms with van der Waals surface area (Å²) < 4.78 is 1.87. The van der Waals surface area contributed by atoms with Gasteiger partial charge < -0.3 is 10.2 Å². The van der Waals surface area contributed by atoms with Crippen LogP contribution in [-0.2, 0) is 11.2 Å². The molecule has 1 N–H and O–H groups in total. The summed E-state index contributed by atoms with van der Waals surface area (Å²) in [4.78, 5) is 19.3. The lowest BCUT2D eigenvalue weighted by Gasteiger charge is -2.25. The van der Waals surface area contributed by atoms with Crippen LogP contribution in [0.15, 0.2) is 36.4 Å². The van der Waals surface area contributed by atoms with E-state index in [-0.39, 0.29) is 11.9 Å². The molecule has 6 nitrogen and oxygen atoms in total. The third-order valence-corrected chi connectivity index (χ3v) is 5.19. The summed E-state index contributed by atoms with van der Waals surface area (Å²) in [5, 5.41) is 7.59. The molecule has 0 spiro atoms. The zero-order valence-corrected chi connectivity index (χ0v) is 17.4. The zero-order chi connectivity index (χ0) is 20.3. The van der Waals surface area contributed by atoms with Crippen LogP contribution in [0.3, 0.4) is 0 Å². The molecule has 1 atom stereocenters. The Bertz CT molecular complexity index is 962. The molecule has 2 heterocycles. The monoisotopic (exact) mass is 379 g/mol. The van der Waals surface area contributed by atoms with Gasteiger partial charge in [0.05, 0.1) is 11.7 Å². The highest BCUT2D eigenvalue weighted by molar-refractivity contribution is 5.76. The average molecular weight is 380 g/mol. The summed E-state index contributed by atoms with van der Waals surface area (Å²) in [5.41, 5.74) is 6.12. The summed E-state index contributed by atoms with van der Waals surface area (Å²) in [5.74, 6) is 0.0540. The summed E-state index contributed by atoms with van der Waals surface area (Å²) in [6.45, 7) is 6.59. The minimum absolute atomic E-state index is 0.0540. The van der Waals surface area contributed by atoms with E-state index in [9.17, 15) is 4.79 Å². The number of aromatic nitrogens is 3. The molecule has 2 aromatic heterocycles. The quantitative estimate of drug-likeness (QED) is 0.685. The van der Waals surface area contributed by atoms with Gasteiger partial charge in [-0.15, -0.1) is 0 Å². The maximum Gasteiger partial charge on any atom is 0.220 e. The standard InChI is InChI=1S/C22H29N5O/c1-15-13-21-24-16(2)19(17(3)27(21)25-15)11-12-22(28)23-14-20(26(4)5)18-9-7-6-8-10-18/h6-10,13,20H,11-12,14H2,1-5H3,(H,23,28). The fraction of sp³-hybridized carbons (Fsp3) is 0.409. The van der Waals surface area contributed by atoms with Crippen LogP contribution in [-0.4, -0.2) is 46.0 Å². The second-order valence-electron chi connectivity index (χ2n) is 7.51. The van der Waals surface area contributed by atoms with Gasteiger partial charge in [0, 0.05) is 30.4 Å². The number of aryl methyl sites for hydroxylation is 3. The number of hydrogen-bond donors (Lipinski definition) is 1. The Morgan fingerprint density at radius 3 is 2.57 bits per heavy atom. The van der Waals surface area contributed by atoms with Crippen LogP contribution < -0.4 is 5.32 Å². The smallest absolute Gasteiger partial charge is 0.220 e. The molecule has 0 bridgehead atoms. The number of amides is 1. The third-order valence-electron chi connectivity index (χ3n) is 5.19. The molecule has 0 aliphatic rings. The molecule has 0 radical (unpaired) electrons. The van der Waals surface area contributed by atoms with Crippen LogP contribution >= 0.6 is 0 Å². The van der Waals surface area contributed by atoms with Gasteiger partial charge in [-0.25, -0.2) is 9.50 Å². The lowest BCUT2D eigenvalue weighted by molar-refractivity contribution is -0.121. The van der Waals surface area contributed by atoms with Gasteiger partial charge in [0.15, 0.2) is 5.65 Å². The normalized spacial score (nSPS) is 12.5. The van der Waals surface area contributed by atoms with E-state index in [1.54, 1.807) is 0 Å². The van der Waals surface area contributed by atoms with Gasteiger partial charge in [-0.05, 0) is 52.4 Å². The van der Waals surface area contributed by atoms with Gasteiger partial charge in [-0.1, -0.05) is 30.3 Å². The van der Waals surface area contributed by atoms with Crippen molar-refractivity contribution in [2.24, 2.45) is 0 Å². The molecule has 1 amide bonds. The molecule has 28 heavy (non-hydrogen) atoms. The molecule has 0 saturated heterocycles. The Kier molecular flexibility index (Phi) is 6.09. The number of hydrogen-bond acceptors (Lipinski definition) is 4. The fourth-order valence-corrected chi connectivity index (χ4v) is 3.61. The van der Waals surface area contributed by atoms with Crippen molar-refractivity contribution in [1.82, 2.24) is 24.8 Å². The van der Waals surface area contributed by atoms with E-state index >= 15 is 0 Å². The van der Waals surface area contributed by atoms with Crippen molar-refractivity contribution in [3.05, 3.63) is 64.6 Å². The van der Waals surface area contributed by atoms with Crippen molar-refractivity contribution in [3.8, 4) is 0 Å². The molecule has 148 valence electrons. The molecule has 3 rings (SSSR count). The van der Waals surface area contributed by atoms with Crippen LogP contribution in [0.1, 0.15) is 40.7 Å². The molecule has 1 aromatic carbocycles. The van der Waals surface area contributed by atoms with E-state index in [1.807, 2.05) is 63.6 Å². The Hall–Kier alpha value is -2.73. The maximum absolute atomic E-state index is 12.5. The minimum atomic E-state index is 0.0540. The molecule has 3 aromatic rings. The van der Waals surface area contributed by atoms with Crippen molar-refractivity contribution >= 4 is 11.6 Å². The van der Waals surface area contributed by atoms with Gasteiger partial charge in [0.1, 0.15) is 0 Å². The zero-order valence-electron chi connectivity index (χ0n) is 17.4. The van der Waals surface area contributed by atoms with Crippen LogP contribution in [0.5, 0.6) is 0 Å². The third kappa shape index (κ3) is 4.39. The number of fused-ring (bicyclic) bond motifs is 1. The highest BCUT2D eigenvalue weighted by Gasteiger charge is 2.16. The molecule has 0 aliphatic carbocycles. The first kappa shape index (κ1) is 20.0. The lowest BCUT2D eigenvalue weighted by atomic mass is 10.0. The second-order valence-corrected chi connectivity index (χ2v) is 7.51. The summed E-state index contributed by atoms with van der Waals surface area (Å²) >= 11 is 0. The number of rotatable bonds is 7. The van der Waals surface area contributed by atoms with Crippen LogP contribution in [0.2, 0.25) is 0 Å². The van der Waals surface area contributed by atoms with Crippen LogP contribution in [0, 0.1) is 20.8 Å². The van der Waals surface area contributed by atoms with Crippen molar-refractivity contribution < 1.29 is 4.79 Å². The van der Waals surface area contributed by atoms with E-state index in [0.29, 0.717) is 19.4 Å². The molecule has 6 heteroatoms. The van der Waals surface area contributed by atoms with Crippen molar-refractivity contribution in [2.75, 3.05) is 20.6 Å². The van der Waals surface area contributed by atoms with Gasteiger partial charge in [-0.3, -0.25) is 4.79 Å². The summed E-state index contributed by atoms with van der Waals surface area (Å²) in [6.07, 6.45) is 1.09. The number of benzene rings is 1. The molecule has 0 fully saturated rings. The first-order chi connectivity index (χ1) is 13.4. The summed E-state index contributed by atoms with van der Waals surface area (Å²) in [7, 11) is 4.06. The topological polar surface area (TPSA) is 62.5 Å². The van der Waals surface area contributed by atoms with Gasteiger partial charge in [0.25, 0.3) is 0 Å². The molecule has 0 saturated carbocycles. The number of nitrogens with zero attached hydrogens (tertiary/aromatic N) is 4. The molecule has 1 unspecified atom stereocenters. The molecule has 0 aliphatic heterocycles. The number of nitrogens with one attached hydrogen (secondary N) is 1. The fourth-order valence-electron chi connectivity index (χ4n) is 3.61. The summed E-state index contributed by atoms with van der Waals surface area (Å²) in [6, 6.07) is 12.4. The van der Waals surface area contributed by atoms with Gasteiger partial charge in [0.2, 0.25) is 5.91 Å². The Balaban J connectivity index is 1.63. The first-order valence-corrected chi connectivity index (χ1v) is 9.67. The van der Waals surface area contributed by atoms with Gasteiger partial charge >= 0.3 is 0 Å². The van der Waals surface area contributed by atoms with Gasteiger partial charge in [-0.2, -0.15) is 5.10 Å². The van der Waals surface area contributed by atoms with Crippen molar-refractivity contribution in [3.63, 3.8) is 0 Å². The maximum atomic E-state index is 12.5. The van der Waals surface area contributed by atoms with Crippen LogP contribution in [0.25, 0.3) is 5.65 Å². The second kappa shape index (κ2) is 8.52. The van der Waals surface area contributed by atoms with E-state index in [1.165, 1.54) is 5.56 Å².